The molecule has 222 valence electrons. The SMILES string of the molecule is CC(C)c1ccc(Oc2ccc(C(c3ccc(Oc4ccc(C(C)(C)C)cc4)cc3)(C(F)(F)F)C(F)(F)F)cc2)cc1. The van der Waals surface area contributed by atoms with Crippen molar-refractivity contribution in [1.82, 2.24) is 0 Å². The number of ether oxygens (including phenoxy) is 2. The Hall–Kier alpha value is -3.94. The molecule has 0 N–H and O–H groups in total. The number of hydrogen-bond acceptors (Lipinski definition) is 2. The van der Waals surface area contributed by atoms with Crippen molar-refractivity contribution in [3.05, 3.63) is 119 Å². The zero-order chi connectivity index (χ0) is 30.9. The van der Waals surface area contributed by atoms with Gasteiger partial charge < -0.3 is 9.47 Å². The maximum absolute atomic E-state index is 14.6. The second-order valence-corrected chi connectivity index (χ2v) is 11.5. The van der Waals surface area contributed by atoms with Crippen molar-refractivity contribution in [2.45, 2.75) is 63.7 Å². The van der Waals surface area contributed by atoms with Gasteiger partial charge in [-0.05, 0) is 82.1 Å². The van der Waals surface area contributed by atoms with Crippen molar-refractivity contribution in [3.63, 3.8) is 0 Å². The van der Waals surface area contributed by atoms with Crippen LogP contribution in [0, 0.1) is 0 Å². The van der Waals surface area contributed by atoms with E-state index in [1.54, 1.807) is 24.3 Å². The first-order chi connectivity index (χ1) is 19.5. The summed E-state index contributed by atoms with van der Waals surface area (Å²) in [6.07, 6.45) is -11.4. The van der Waals surface area contributed by atoms with E-state index in [9.17, 15) is 26.3 Å². The van der Waals surface area contributed by atoms with Crippen LogP contribution in [0.3, 0.4) is 0 Å². The van der Waals surface area contributed by atoms with Crippen LogP contribution in [0.2, 0.25) is 0 Å². The van der Waals surface area contributed by atoms with Gasteiger partial charge in [0, 0.05) is 0 Å². The van der Waals surface area contributed by atoms with Crippen molar-refractivity contribution < 1.29 is 35.8 Å². The summed E-state index contributed by atoms with van der Waals surface area (Å²) in [4.78, 5) is 0. The van der Waals surface area contributed by atoms with Crippen molar-refractivity contribution >= 4 is 0 Å². The molecule has 0 aliphatic rings. The van der Waals surface area contributed by atoms with Crippen LogP contribution in [0.15, 0.2) is 97.1 Å². The number of halogens is 6. The Morgan fingerprint density at radius 2 is 0.738 bits per heavy atom. The zero-order valence-electron chi connectivity index (χ0n) is 23.9. The van der Waals surface area contributed by atoms with Gasteiger partial charge in [-0.2, -0.15) is 26.3 Å². The lowest BCUT2D eigenvalue weighted by atomic mass is 9.73. The molecule has 4 aromatic carbocycles. The first kappa shape index (κ1) is 31.0. The van der Waals surface area contributed by atoms with Crippen LogP contribution in [0.4, 0.5) is 26.3 Å². The van der Waals surface area contributed by atoms with E-state index >= 15 is 0 Å². The highest BCUT2D eigenvalue weighted by atomic mass is 19.4. The maximum Gasteiger partial charge on any atom is 0.411 e. The summed E-state index contributed by atoms with van der Waals surface area (Å²) >= 11 is 0. The van der Waals surface area contributed by atoms with E-state index in [0.29, 0.717) is 11.5 Å². The van der Waals surface area contributed by atoms with Crippen LogP contribution in [0.25, 0.3) is 0 Å². The lowest BCUT2D eigenvalue weighted by molar-refractivity contribution is -0.288. The van der Waals surface area contributed by atoms with E-state index in [4.69, 9.17) is 9.47 Å². The normalized spacial score (nSPS) is 12.9. The van der Waals surface area contributed by atoms with Crippen LogP contribution in [0.1, 0.15) is 62.8 Å². The van der Waals surface area contributed by atoms with Gasteiger partial charge in [0.15, 0.2) is 0 Å². The molecule has 8 heteroatoms. The molecule has 0 fully saturated rings. The molecule has 2 nitrogen and oxygen atoms in total. The Balaban J connectivity index is 1.65. The average molecular weight is 587 g/mol. The molecule has 42 heavy (non-hydrogen) atoms. The summed E-state index contributed by atoms with van der Waals surface area (Å²) in [6.45, 7) is 10.2. The molecule has 0 bridgehead atoms. The molecule has 4 rings (SSSR count). The summed E-state index contributed by atoms with van der Waals surface area (Å²) in [7, 11) is 0. The molecular formula is C34H32F6O2. The van der Waals surface area contributed by atoms with E-state index in [1.165, 1.54) is 0 Å². The van der Waals surface area contributed by atoms with Crippen molar-refractivity contribution in [3.8, 4) is 23.0 Å². The number of rotatable bonds is 7. The van der Waals surface area contributed by atoms with Gasteiger partial charge in [0.2, 0.25) is 5.41 Å². The Labute approximate surface area is 241 Å². The molecule has 0 aromatic heterocycles. The predicted molar refractivity (Wildman–Crippen MR) is 152 cm³/mol. The minimum atomic E-state index is -5.70. The molecule has 0 radical (unpaired) electrons. The number of hydrogen-bond donors (Lipinski definition) is 0. The Morgan fingerprint density at radius 3 is 1.00 bits per heavy atom. The lowest BCUT2D eigenvalue weighted by Crippen LogP contribution is -2.54. The number of alkyl halides is 6. The Morgan fingerprint density at radius 1 is 0.452 bits per heavy atom. The Bertz CT molecular complexity index is 1450. The number of benzene rings is 4. The summed E-state index contributed by atoms with van der Waals surface area (Å²) < 4.78 is 98.9. The van der Waals surface area contributed by atoms with Gasteiger partial charge in [0.05, 0.1) is 0 Å². The molecule has 0 unspecified atom stereocenters. The van der Waals surface area contributed by atoms with Crippen LogP contribution in [-0.4, -0.2) is 12.4 Å². The molecular weight excluding hydrogens is 554 g/mol. The second kappa shape index (κ2) is 11.4. The largest absolute Gasteiger partial charge is 0.457 e. The van der Waals surface area contributed by atoms with Gasteiger partial charge in [-0.3, -0.25) is 0 Å². The third-order valence-corrected chi connectivity index (χ3v) is 7.16. The molecule has 0 aliphatic heterocycles. The van der Waals surface area contributed by atoms with E-state index < -0.39 is 28.9 Å². The zero-order valence-corrected chi connectivity index (χ0v) is 23.9. The summed E-state index contributed by atoms with van der Waals surface area (Å²) in [5.74, 6) is 1.32. The quantitative estimate of drug-likeness (QED) is 0.201. The average Bonchev–Trinajstić information content (AvgIpc) is 2.89. The molecule has 0 atom stereocenters. The molecule has 0 aliphatic carbocycles. The predicted octanol–water partition coefficient (Wildman–Crippen LogP) is 11.1. The van der Waals surface area contributed by atoms with Gasteiger partial charge in [-0.25, -0.2) is 0 Å². The highest BCUT2D eigenvalue weighted by molar-refractivity contribution is 5.48. The third-order valence-electron chi connectivity index (χ3n) is 7.16. The van der Waals surface area contributed by atoms with E-state index in [-0.39, 0.29) is 22.8 Å². The van der Waals surface area contributed by atoms with Crippen molar-refractivity contribution in [2.75, 3.05) is 0 Å². The first-order valence-electron chi connectivity index (χ1n) is 13.4. The van der Waals surface area contributed by atoms with Crippen molar-refractivity contribution in [1.29, 1.82) is 0 Å². The van der Waals surface area contributed by atoms with E-state index in [0.717, 1.165) is 59.7 Å². The van der Waals surface area contributed by atoms with Gasteiger partial charge in [-0.1, -0.05) is 83.1 Å². The first-order valence-corrected chi connectivity index (χ1v) is 13.4. The van der Waals surface area contributed by atoms with Crippen LogP contribution >= 0.6 is 0 Å². The smallest absolute Gasteiger partial charge is 0.411 e. The maximum atomic E-state index is 14.6. The lowest BCUT2D eigenvalue weighted by Gasteiger charge is -2.38. The van der Waals surface area contributed by atoms with Gasteiger partial charge in [0.25, 0.3) is 0 Å². The molecule has 0 saturated heterocycles. The highest BCUT2D eigenvalue weighted by Crippen LogP contribution is 2.56. The monoisotopic (exact) mass is 586 g/mol. The van der Waals surface area contributed by atoms with Crippen LogP contribution in [-0.2, 0) is 10.8 Å². The van der Waals surface area contributed by atoms with Crippen LogP contribution < -0.4 is 9.47 Å². The van der Waals surface area contributed by atoms with Gasteiger partial charge >= 0.3 is 12.4 Å². The minimum Gasteiger partial charge on any atom is -0.457 e. The third kappa shape index (κ3) is 6.27. The molecule has 0 amide bonds. The molecule has 0 spiro atoms. The van der Waals surface area contributed by atoms with E-state index in [2.05, 4.69) is 0 Å². The van der Waals surface area contributed by atoms with Crippen molar-refractivity contribution in [2.24, 2.45) is 0 Å². The fourth-order valence-electron chi connectivity index (χ4n) is 4.74. The summed E-state index contributed by atoms with van der Waals surface area (Å²) in [6, 6.07) is 21.9. The fraction of sp³-hybridized carbons (Fsp3) is 0.294. The fourth-order valence-corrected chi connectivity index (χ4v) is 4.74. The summed E-state index contributed by atoms with van der Waals surface area (Å²) in [5, 5.41) is 0. The van der Waals surface area contributed by atoms with Gasteiger partial charge in [0.1, 0.15) is 23.0 Å². The van der Waals surface area contributed by atoms with E-state index in [1.807, 2.05) is 58.9 Å². The molecule has 4 aromatic rings. The summed E-state index contributed by atoms with van der Waals surface area (Å²) in [5.41, 5.74) is -4.21. The van der Waals surface area contributed by atoms with Crippen LogP contribution in [0.5, 0.6) is 23.0 Å². The minimum absolute atomic E-state index is 0.0951. The standard InChI is InChI=1S/C34H32F6O2/c1-22(2)23-6-14-27(15-7-23)41-29-18-10-25(11-19-29)32(33(35,36)37,34(38,39)40)26-12-20-30(21-13-26)42-28-16-8-24(9-17-28)31(3,4)5/h6-22H,1-5H3. The molecule has 0 heterocycles. The molecule has 0 saturated carbocycles. The Kier molecular flexibility index (Phi) is 8.40. The van der Waals surface area contributed by atoms with Gasteiger partial charge in [-0.15, -0.1) is 0 Å². The second-order valence-electron chi connectivity index (χ2n) is 11.5. The topological polar surface area (TPSA) is 18.5 Å². The highest BCUT2D eigenvalue weighted by Gasteiger charge is 2.72.